The molecule has 0 saturated heterocycles. The molecule has 2 N–H and O–H groups in total. The van der Waals surface area contributed by atoms with Crippen LogP contribution in [0.3, 0.4) is 0 Å². The van der Waals surface area contributed by atoms with Crippen LogP contribution in [0, 0.1) is 10.1 Å². The molecule has 1 aromatic heterocycles. The van der Waals surface area contributed by atoms with Crippen LogP contribution in [0.15, 0.2) is 36.4 Å². The van der Waals surface area contributed by atoms with Crippen LogP contribution in [0.4, 0.5) is 11.5 Å². The predicted molar refractivity (Wildman–Crippen MR) is 71.1 cm³/mol. The summed E-state index contributed by atoms with van der Waals surface area (Å²) >= 11 is 5.91. The lowest BCUT2D eigenvalue weighted by molar-refractivity contribution is -0.384. The minimum atomic E-state index is -0.512. The number of benzene rings is 1. The molecule has 19 heavy (non-hydrogen) atoms. The minimum absolute atomic E-state index is 0.0834. The van der Waals surface area contributed by atoms with E-state index in [0.717, 1.165) is 0 Å². The highest BCUT2D eigenvalue weighted by atomic mass is 35.5. The number of nitro benzene ring substituents is 1. The molecule has 0 aliphatic heterocycles. The Kier molecular flexibility index (Phi) is 3.82. The molecule has 6 nitrogen and oxygen atoms in total. The van der Waals surface area contributed by atoms with Gasteiger partial charge in [0.25, 0.3) is 5.69 Å². The first-order valence-corrected chi connectivity index (χ1v) is 5.72. The van der Waals surface area contributed by atoms with Gasteiger partial charge >= 0.3 is 0 Å². The summed E-state index contributed by atoms with van der Waals surface area (Å²) in [5.74, 6) is 0.617. The molecule has 0 fully saturated rings. The normalized spacial score (nSPS) is 10.2. The Morgan fingerprint density at radius 3 is 2.84 bits per heavy atom. The molecule has 0 aliphatic rings. The SMILES string of the molecule is Nc1cccc(COc2cc([N+](=O)[O-])ccc2Cl)n1. The monoisotopic (exact) mass is 279 g/mol. The number of nitrogens with zero attached hydrogens (tertiary/aromatic N) is 2. The van der Waals surface area contributed by atoms with E-state index >= 15 is 0 Å². The van der Waals surface area contributed by atoms with Gasteiger partial charge in [0, 0.05) is 6.07 Å². The Balaban J connectivity index is 2.15. The molecule has 98 valence electrons. The third-order valence-corrected chi connectivity index (χ3v) is 2.64. The van der Waals surface area contributed by atoms with Gasteiger partial charge in [0.2, 0.25) is 0 Å². The Hall–Kier alpha value is -2.34. The Morgan fingerprint density at radius 1 is 1.37 bits per heavy atom. The van der Waals surface area contributed by atoms with E-state index in [1.54, 1.807) is 18.2 Å². The van der Waals surface area contributed by atoms with Crippen LogP contribution in [0.5, 0.6) is 5.75 Å². The number of aromatic nitrogens is 1. The fourth-order valence-corrected chi connectivity index (χ4v) is 1.62. The Morgan fingerprint density at radius 2 is 2.16 bits per heavy atom. The van der Waals surface area contributed by atoms with Crippen molar-refractivity contribution in [2.24, 2.45) is 0 Å². The molecule has 0 aliphatic carbocycles. The van der Waals surface area contributed by atoms with Gasteiger partial charge in [-0.2, -0.15) is 0 Å². The second-order valence-electron chi connectivity index (χ2n) is 3.71. The lowest BCUT2D eigenvalue weighted by Gasteiger charge is -2.07. The van der Waals surface area contributed by atoms with Crippen LogP contribution in [-0.4, -0.2) is 9.91 Å². The summed E-state index contributed by atoms with van der Waals surface area (Å²) in [6.45, 7) is 0.131. The molecular formula is C12H10ClN3O3. The molecule has 0 bridgehead atoms. The van der Waals surface area contributed by atoms with E-state index in [9.17, 15) is 10.1 Å². The molecule has 0 spiro atoms. The lowest BCUT2D eigenvalue weighted by atomic mass is 10.3. The number of hydrogen-bond acceptors (Lipinski definition) is 5. The number of ether oxygens (including phenoxy) is 1. The first-order chi connectivity index (χ1) is 9.06. The van der Waals surface area contributed by atoms with Crippen molar-refractivity contribution in [1.29, 1.82) is 0 Å². The number of rotatable bonds is 4. The number of nitrogen functional groups attached to an aromatic ring is 1. The molecular weight excluding hydrogens is 270 g/mol. The van der Waals surface area contributed by atoms with E-state index in [1.807, 2.05) is 0 Å². The van der Waals surface area contributed by atoms with Crippen molar-refractivity contribution in [2.45, 2.75) is 6.61 Å². The van der Waals surface area contributed by atoms with Crippen molar-refractivity contribution >= 4 is 23.1 Å². The third-order valence-electron chi connectivity index (χ3n) is 2.33. The highest BCUT2D eigenvalue weighted by Crippen LogP contribution is 2.29. The zero-order valence-electron chi connectivity index (χ0n) is 9.75. The molecule has 0 unspecified atom stereocenters. The number of non-ortho nitro benzene ring substituents is 1. The zero-order chi connectivity index (χ0) is 13.8. The fourth-order valence-electron chi connectivity index (χ4n) is 1.45. The van der Waals surface area contributed by atoms with Gasteiger partial charge in [0.1, 0.15) is 18.2 Å². The molecule has 7 heteroatoms. The molecule has 0 radical (unpaired) electrons. The van der Waals surface area contributed by atoms with Crippen molar-refractivity contribution in [3.8, 4) is 5.75 Å². The number of pyridine rings is 1. The van der Waals surface area contributed by atoms with E-state index < -0.39 is 4.92 Å². The minimum Gasteiger partial charge on any atom is -0.485 e. The van der Waals surface area contributed by atoms with Gasteiger partial charge in [-0.15, -0.1) is 0 Å². The van der Waals surface area contributed by atoms with Gasteiger partial charge in [0.05, 0.1) is 21.7 Å². The Bertz CT molecular complexity index is 619. The number of nitro groups is 1. The summed E-state index contributed by atoms with van der Waals surface area (Å²) in [7, 11) is 0. The van der Waals surface area contributed by atoms with Gasteiger partial charge in [-0.3, -0.25) is 10.1 Å². The maximum Gasteiger partial charge on any atom is 0.273 e. The van der Waals surface area contributed by atoms with E-state index in [2.05, 4.69) is 4.98 Å². The molecule has 2 rings (SSSR count). The van der Waals surface area contributed by atoms with Crippen molar-refractivity contribution in [3.63, 3.8) is 0 Å². The van der Waals surface area contributed by atoms with Crippen LogP contribution in [0.25, 0.3) is 0 Å². The summed E-state index contributed by atoms with van der Waals surface area (Å²) in [6, 6.07) is 9.14. The van der Waals surface area contributed by atoms with E-state index in [0.29, 0.717) is 16.5 Å². The fraction of sp³-hybridized carbons (Fsp3) is 0.0833. The summed E-state index contributed by atoms with van der Waals surface area (Å²) in [5, 5.41) is 11.0. The lowest BCUT2D eigenvalue weighted by Crippen LogP contribution is -2.01. The first kappa shape index (κ1) is 13.1. The van der Waals surface area contributed by atoms with Gasteiger partial charge in [0.15, 0.2) is 0 Å². The van der Waals surface area contributed by atoms with Crippen LogP contribution in [0.1, 0.15) is 5.69 Å². The highest BCUT2D eigenvalue weighted by molar-refractivity contribution is 6.32. The van der Waals surface area contributed by atoms with Crippen molar-refractivity contribution in [1.82, 2.24) is 4.98 Å². The average molecular weight is 280 g/mol. The molecule has 2 aromatic rings. The molecule has 0 saturated carbocycles. The topological polar surface area (TPSA) is 91.3 Å². The quantitative estimate of drug-likeness (QED) is 0.686. The van der Waals surface area contributed by atoms with E-state index in [4.69, 9.17) is 22.1 Å². The van der Waals surface area contributed by atoms with Gasteiger partial charge in [-0.25, -0.2) is 4.98 Å². The standard InChI is InChI=1S/C12H10ClN3O3/c13-10-5-4-9(16(17)18)6-11(10)19-7-8-2-1-3-12(14)15-8/h1-6H,7H2,(H2,14,15). The van der Waals surface area contributed by atoms with Crippen molar-refractivity contribution in [3.05, 3.63) is 57.2 Å². The zero-order valence-corrected chi connectivity index (χ0v) is 10.5. The van der Waals surface area contributed by atoms with E-state index in [1.165, 1.54) is 18.2 Å². The first-order valence-electron chi connectivity index (χ1n) is 5.34. The number of nitrogens with two attached hydrogens (primary N) is 1. The maximum absolute atomic E-state index is 10.7. The second-order valence-corrected chi connectivity index (χ2v) is 4.12. The number of anilines is 1. The Labute approximate surface area is 113 Å². The van der Waals surface area contributed by atoms with Crippen LogP contribution in [0.2, 0.25) is 5.02 Å². The molecule has 0 amide bonds. The smallest absolute Gasteiger partial charge is 0.273 e. The summed E-state index contributed by atoms with van der Waals surface area (Å²) in [6.07, 6.45) is 0. The van der Waals surface area contributed by atoms with Crippen LogP contribution < -0.4 is 10.5 Å². The van der Waals surface area contributed by atoms with E-state index in [-0.39, 0.29) is 18.0 Å². The van der Waals surface area contributed by atoms with Gasteiger partial charge < -0.3 is 10.5 Å². The predicted octanol–water partition coefficient (Wildman–Crippen LogP) is 2.80. The van der Waals surface area contributed by atoms with Gasteiger partial charge in [-0.1, -0.05) is 17.7 Å². The molecule has 1 aromatic carbocycles. The maximum atomic E-state index is 10.7. The average Bonchev–Trinajstić information content (AvgIpc) is 2.37. The van der Waals surface area contributed by atoms with Crippen molar-refractivity contribution < 1.29 is 9.66 Å². The summed E-state index contributed by atoms with van der Waals surface area (Å²) < 4.78 is 5.41. The third kappa shape index (κ3) is 3.32. The number of halogens is 1. The van der Waals surface area contributed by atoms with Crippen LogP contribution >= 0.6 is 11.6 Å². The van der Waals surface area contributed by atoms with Gasteiger partial charge in [-0.05, 0) is 18.2 Å². The molecule has 0 atom stereocenters. The second kappa shape index (κ2) is 5.53. The van der Waals surface area contributed by atoms with Crippen molar-refractivity contribution in [2.75, 3.05) is 5.73 Å². The largest absolute Gasteiger partial charge is 0.485 e. The van der Waals surface area contributed by atoms with Crippen LogP contribution in [-0.2, 0) is 6.61 Å². The highest BCUT2D eigenvalue weighted by Gasteiger charge is 2.11. The number of hydrogen-bond donors (Lipinski definition) is 1. The molecule has 1 heterocycles. The summed E-state index contributed by atoms with van der Waals surface area (Å²) in [5.41, 5.74) is 6.07. The summed E-state index contributed by atoms with van der Waals surface area (Å²) in [4.78, 5) is 14.2.